The summed E-state index contributed by atoms with van der Waals surface area (Å²) in [5, 5.41) is 0.144. The van der Waals surface area contributed by atoms with Crippen LogP contribution < -0.4 is 0 Å². The van der Waals surface area contributed by atoms with E-state index < -0.39 is 0 Å². The first-order valence-electron chi connectivity index (χ1n) is 7.80. The molecule has 1 aliphatic rings. The molecule has 0 radical (unpaired) electrons. The van der Waals surface area contributed by atoms with Gasteiger partial charge in [-0.15, -0.1) is 11.8 Å². The van der Waals surface area contributed by atoms with Crippen LogP contribution in [0, 0.1) is 0 Å². The van der Waals surface area contributed by atoms with Gasteiger partial charge in [-0.25, -0.2) is 0 Å². The van der Waals surface area contributed by atoms with Crippen molar-refractivity contribution >= 4 is 17.7 Å². The van der Waals surface area contributed by atoms with Gasteiger partial charge < -0.3 is 9.47 Å². The summed E-state index contributed by atoms with van der Waals surface area (Å²) in [4.78, 5) is 15.2. The maximum Gasteiger partial charge on any atom is 0.231 e. The van der Waals surface area contributed by atoms with Crippen molar-refractivity contribution in [1.82, 2.24) is 9.47 Å². The minimum absolute atomic E-state index is 0.0392. The van der Waals surface area contributed by atoms with Crippen molar-refractivity contribution in [2.45, 2.75) is 24.6 Å². The third-order valence-electron chi connectivity index (χ3n) is 4.32. The number of aryl methyl sites for hydroxylation is 1. The molecule has 22 heavy (non-hydrogen) atoms. The predicted octanol–water partition coefficient (Wildman–Crippen LogP) is 3.79. The summed E-state index contributed by atoms with van der Waals surface area (Å²) in [5.41, 5.74) is 2.33. The molecule has 1 aliphatic heterocycles. The number of hydrogen-bond acceptors (Lipinski definition) is 2. The van der Waals surface area contributed by atoms with Gasteiger partial charge in [0, 0.05) is 25.5 Å². The molecule has 4 heteroatoms. The highest BCUT2D eigenvalue weighted by Crippen LogP contribution is 2.40. The zero-order valence-corrected chi connectivity index (χ0v) is 13.9. The Balaban J connectivity index is 1.85. The molecular formula is C18H22N2OS. The molecule has 116 valence electrons. The number of carbonyl (C=O) groups is 1. The SMILES string of the molecule is CC[C@@H](C(=O)N1CCS[C@H]1c1cccn1C)c1ccccc1. The number of amides is 1. The normalized spacial score (nSPS) is 19.4. The first-order valence-corrected chi connectivity index (χ1v) is 8.85. The molecule has 0 bridgehead atoms. The second-order valence-electron chi connectivity index (χ2n) is 5.67. The van der Waals surface area contributed by atoms with E-state index in [4.69, 9.17) is 0 Å². The molecule has 1 fully saturated rings. The molecule has 1 aromatic heterocycles. The van der Waals surface area contributed by atoms with Crippen LogP contribution in [-0.2, 0) is 11.8 Å². The molecule has 0 spiro atoms. The molecule has 1 aromatic carbocycles. The standard InChI is InChI=1S/C18H22N2OS/c1-3-15(14-8-5-4-6-9-14)17(21)20-12-13-22-18(20)16-10-7-11-19(16)2/h4-11,15,18H,3,12-13H2,1-2H3/t15-,18+/m1/s1. The summed E-state index contributed by atoms with van der Waals surface area (Å²) in [6.07, 6.45) is 2.88. The Bertz CT molecular complexity index is 638. The lowest BCUT2D eigenvalue weighted by Gasteiger charge is -2.28. The van der Waals surface area contributed by atoms with Crippen molar-refractivity contribution in [3.05, 3.63) is 59.9 Å². The van der Waals surface area contributed by atoms with Crippen molar-refractivity contribution in [2.24, 2.45) is 7.05 Å². The maximum absolute atomic E-state index is 13.1. The monoisotopic (exact) mass is 314 g/mol. The van der Waals surface area contributed by atoms with Crippen molar-refractivity contribution in [3.63, 3.8) is 0 Å². The van der Waals surface area contributed by atoms with E-state index >= 15 is 0 Å². The van der Waals surface area contributed by atoms with E-state index in [0.717, 1.165) is 24.3 Å². The lowest BCUT2D eigenvalue weighted by Crippen LogP contribution is -2.35. The largest absolute Gasteiger partial charge is 0.352 e. The van der Waals surface area contributed by atoms with E-state index in [1.807, 2.05) is 49.3 Å². The fourth-order valence-electron chi connectivity index (χ4n) is 3.11. The topological polar surface area (TPSA) is 25.2 Å². The minimum atomic E-state index is -0.0392. The number of nitrogens with zero attached hydrogens (tertiary/aromatic N) is 2. The molecule has 2 heterocycles. The van der Waals surface area contributed by atoms with Gasteiger partial charge in [-0.3, -0.25) is 4.79 Å². The van der Waals surface area contributed by atoms with Crippen LogP contribution >= 0.6 is 11.8 Å². The Morgan fingerprint density at radius 3 is 2.68 bits per heavy atom. The molecule has 1 amide bonds. The van der Waals surface area contributed by atoms with Crippen molar-refractivity contribution < 1.29 is 4.79 Å². The van der Waals surface area contributed by atoms with E-state index in [1.165, 1.54) is 5.69 Å². The number of rotatable bonds is 4. The summed E-state index contributed by atoms with van der Waals surface area (Å²) in [6.45, 7) is 2.93. The summed E-state index contributed by atoms with van der Waals surface area (Å²) in [7, 11) is 2.05. The average molecular weight is 314 g/mol. The van der Waals surface area contributed by atoms with E-state index in [0.29, 0.717) is 0 Å². The van der Waals surface area contributed by atoms with Gasteiger partial charge in [-0.05, 0) is 24.1 Å². The van der Waals surface area contributed by atoms with Crippen LogP contribution in [-0.4, -0.2) is 27.7 Å². The number of benzene rings is 1. The molecule has 2 aromatic rings. The highest BCUT2D eigenvalue weighted by atomic mass is 32.2. The van der Waals surface area contributed by atoms with E-state index in [9.17, 15) is 4.79 Å². The zero-order valence-electron chi connectivity index (χ0n) is 13.1. The second-order valence-corrected chi connectivity index (χ2v) is 6.86. The number of thioether (sulfide) groups is 1. The highest BCUT2D eigenvalue weighted by molar-refractivity contribution is 7.99. The van der Waals surface area contributed by atoms with Crippen LogP contribution in [0.1, 0.15) is 35.9 Å². The third kappa shape index (κ3) is 2.80. The van der Waals surface area contributed by atoms with Crippen LogP contribution in [0.15, 0.2) is 48.7 Å². The molecule has 1 saturated heterocycles. The van der Waals surface area contributed by atoms with Gasteiger partial charge in [0.15, 0.2) is 0 Å². The number of carbonyl (C=O) groups excluding carboxylic acids is 1. The minimum Gasteiger partial charge on any atom is -0.352 e. The Labute approximate surface area is 136 Å². The third-order valence-corrected chi connectivity index (χ3v) is 5.55. The zero-order chi connectivity index (χ0) is 15.5. The van der Waals surface area contributed by atoms with Crippen LogP contribution in [0.25, 0.3) is 0 Å². The molecule has 0 saturated carbocycles. The smallest absolute Gasteiger partial charge is 0.231 e. The van der Waals surface area contributed by atoms with E-state index in [2.05, 4.69) is 34.6 Å². The molecular weight excluding hydrogens is 292 g/mol. The number of aromatic nitrogens is 1. The highest BCUT2D eigenvalue weighted by Gasteiger charge is 2.35. The summed E-state index contributed by atoms with van der Waals surface area (Å²) in [6, 6.07) is 14.3. The van der Waals surface area contributed by atoms with Gasteiger partial charge in [0.05, 0.1) is 11.6 Å². The Morgan fingerprint density at radius 2 is 2.05 bits per heavy atom. The van der Waals surface area contributed by atoms with Crippen LogP contribution in [0.4, 0.5) is 0 Å². The Morgan fingerprint density at radius 1 is 1.27 bits per heavy atom. The van der Waals surface area contributed by atoms with Crippen LogP contribution in [0.3, 0.4) is 0 Å². The Hall–Kier alpha value is -1.68. The van der Waals surface area contributed by atoms with Gasteiger partial charge in [-0.2, -0.15) is 0 Å². The summed E-state index contributed by atoms with van der Waals surface area (Å²) in [5.74, 6) is 1.22. The average Bonchev–Trinajstić information content (AvgIpc) is 3.17. The molecule has 3 rings (SSSR count). The quantitative estimate of drug-likeness (QED) is 0.858. The van der Waals surface area contributed by atoms with E-state index in [1.54, 1.807) is 0 Å². The molecule has 0 aliphatic carbocycles. The van der Waals surface area contributed by atoms with Crippen LogP contribution in [0.5, 0.6) is 0 Å². The van der Waals surface area contributed by atoms with Gasteiger partial charge in [0.25, 0.3) is 0 Å². The Kier molecular flexibility index (Phi) is 4.57. The fraction of sp³-hybridized carbons (Fsp3) is 0.389. The first-order chi connectivity index (χ1) is 10.7. The first kappa shape index (κ1) is 15.2. The predicted molar refractivity (Wildman–Crippen MR) is 91.8 cm³/mol. The van der Waals surface area contributed by atoms with Gasteiger partial charge in [-0.1, -0.05) is 37.3 Å². The maximum atomic E-state index is 13.1. The van der Waals surface area contributed by atoms with E-state index in [-0.39, 0.29) is 17.2 Å². The van der Waals surface area contributed by atoms with Crippen molar-refractivity contribution in [2.75, 3.05) is 12.3 Å². The van der Waals surface area contributed by atoms with Crippen LogP contribution in [0.2, 0.25) is 0 Å². The lowest BCUT2D eigenvalue weighted by atomic mass is 9.95. The molecule has 2 atom stereocenters. The summed E-state index contributed by atoms with van der Waals surface area (Å²) >= 11 is 1.86. The van der Waals surface area contributed by atoms with Gasteiger partial charge >= 0.3 is 0 Å². The fourth-order valence-corrected chi connectivity index (χ4v) is 4.44. The second kappa shape index (κ2) is 6.61. The van der Waals surface area contributed by atoms with Crippen molar-refractivity contribution in [3.8, 4) is 0 Å². The lowest BCUT2D eigenvalue weighted by molar-refractivity contribution is -0.133. The summed E-state index contributed by atoms with van der Waals surface area (Å²) < 4.78 is 2.12. The molecule has 0 unspecified atom stereocenters. The van der Waals surface area contributed by atoms with Crippen molar-refractivity contribution in [1.29, 1.82) is 0 Å². The molecule has 3 nitrogen and oxygen atoms in total. The van der Waals surface area contributed by atoms with Gasteiger partial charge in [0.1, 0.15) is 5.37 Å². The number of hydrogen-bond donors (Lipinski definition) is 0. The van der Waals surface area contributed by atoms with Gasteiger partial charge in [0.2, 0.25) is 5.91 Å². The molecule has 0 N–H and O–H groups in total.